The van der Waals surface area contributed by atoms with Gasteiger partial charge in [-0.1, -0.05) is 42.5 Å². The highest BCUT2D eigenvalue weighted by molar-refractivity contribution is 6.34. The molecule has 3 aromatic carbocycles. The van der Waals surface area contributed by atoms with Gasteiger partial charge in [-0.15, -0.1) is 13.2 Å². The molecule has 1 fully saturated rings. The van der Waals surface area contributed by atoms with Gasteiger partial charge in [0.05, 0.1) is 13.2 Å². The normalized spacial score (nSPS) is 16.0. The molecule has 2 aliphatic rings. The minimum Gasteiger partial charge on any atom is -0.405 e. The lowest BCUT2D eigenvalue weighted by Gasteiger charge is -2.27. The number of carbonyl (C=O) groups is 1. The Morgan fingerprint density at radius 1 is 1.06 bits per heavy atom. The number of ether oxygens (including phenoxy) is 2. The molecule has 1 aliphatic carbocycles. The van der Waals surface area contributed by atoms with Crippen molar-refractivity contribution in [3.63, 3.8) is 0 Å². The molecular formula is C25H21F3N2O3. The zero-order valence-electron chi connectivity index (χ0n) is 17.6. The van der Waals surface area contributed by atoms with Gasteiger partial charge in [0.15, 0.2) is 0 Å². The van der Waals surface area contributed by atoms with E-state index in [4.69, 9.17) is 4.74 Å². The van der Waals surface area contributed by atoms with Crippen molar-refractivity contribution in [1.29, 1.82) is 0 Å². The second-order valence-corrected chi connectivity index (χ2v) is 8.02. The van der Waals surface area contributed by atoms with Gasteiger partial charge in [0, 0.05) is 42.5 Å². The standard InChI is InChI=1S/C25H21F3N2O3/c26-25(27,28)33-22-14-19(8-7-18(22)15-30-9-11-32-12-10-30)29-24(31)21-13-17-5-1-3-16-4-2-6-20(21)23(16)17/h1-8,13-14H,9-12,15H2,(H,29,31). The summed E-state index contributed by atoms with van der Waals surface area (Å²) in [6.45, 7) is 2.63. The van der Waals surface area contributed by atoms with Crippen LogP contribution in [0.3, 0.4) is 0 Å². The third-order valence-electron chi connectivity index (χ3n) is 5.82. The number of alkyl halides is 3. The van der Waals surface area contributed by atoms with Crippen molar-refractivity contribution in [3.8, 4) is 5.75 Å². The molecule has 1 saturated heterocycles. The van der Waals surface area contributed by atoms with Crippen molar-refractivity contribution in [3.05, 3.63) is 71.3 Å². The predicted octanol–water partition coefficient (Wildman–Crippen LogP) is 5.06. The van der Waals surface area contributed by atoms with Gasteiger partial charge >= 0.3 is 6.36 Å². The first-order chi connectivity index (χ1) is 15.9. The van der Waals surface area contributed by atoms with E-state index < -0.39 is 12.3 Å². The van der Waals surface area contributed by atoms with E-state index >= 15 is 0 Å². The van der Waals surface area contributed by atoms with Gasteiger partial charge in [-0.3, -0.25) is 9.69 Å². The minimum absolute atomic E-state index is 0.231. The van der Waals surface area contributed by atoms with Gasteiger partial charge < -0.3 is 14.8 Å². The number of hydrogen-bond donors (Lipinski definition) is 1. The van der Waals surface area contributed by atoms with Crippen molar-refractivity contribution < 1.29 is 27.4 Å². The SMILES string of the molecule is O=C(Nc1ccc(CN2CCOCC2)c(OC(F)(F)F)c1)C1=Cc2cccc3cccc1c23. The highest BCUT2D eigenvalue weighted by atomic mass is 19.4. The maximum Gasteiger partial charge on any atom is 0.573 e. The molecule has 1 aliphatic heterocycles. The van der Waals surface area contributed by atoms with Gasteiger partial charge in [0.1, 0.15) is 5.75 Å². The summed E-state index contributed by atoms with van der Waals surface area (Å²) in [7, 11) is 0. The van der Waals surface area contributed by atoms with Gasteiger partial charge in [-0.2, -0.15) is 0 Å². The largest absolute Gasteiger partial charge is 0.573 e. The summed E-state index contributed by atoms with van der Waals surface area (Å²) in [6, 6.07) is 15.9. The first-order valence-electron chi connectivity index (χ1n) is 10.6. The van der Waals surface area contributed by atoms with Crippen molar-refractivity contribution in [2.75, 3.05) is 31.6 Å². The van der Waals surface area contributed by atoms with Gasteiger partial charge in [0.25, 0.3) is 5.91 Å². The fourth-order valence-electron chi connectivity index (χ4n) is 4.32. The molecule has 0 unspecified atom stereocenters. The van der Waals surface area contributed by atoms with Crippen molar-refractivity contribution in [2.24, 2.45) is 0 Å². The Balaban J connectivity index is 1.40. The molecule has 33 heavy (non-hydrogen) atoms. The summed E-state index contributed by atoms with van der Waals surface area (Å²) in [5.41, 5.74) is 2.84. The lowest BCUT2D eigenvalue weighted by molar-refractivity contribution is -0.275. The Morgan fingerprint density at radius 3 is 2.58 bits per heavy atom. The zero-order chi connectivity index (χ0) is 23.0. The number of nitrogens with zero attached hydrogens (tertiary/aromatic N) is 1. The zero-order valence-corrected chi connectivity index (χ0v) is 17.6. The summed E-state index contributed by atoms with van der Waals surface area (Å²) in [6.07, 6.45) is -3.04. The van der Waals surface area contributed by atoms with Crippen LogP contribution in [0, 0.1) is 0 Å². The topological polar surface area (TPSA) is 50.8 Å². The number of nitrogens with one attached hydrogen (secondary N) is 1. The molecule has 1 amide bonds. The Kier molecular flexibility index (Phi) is 5.55. The average Bonchev–Trinajstić information content (AvgIpc) is 3.16. The number of morpholine rings is 1. The molecule has 0 bridgehead atoms. The van der Waals surface area contributed by atoms with E-state index in [2.05, 4.69) is 10.1 Å². The van der Waals surface area contributed by atoms with E-state index in [9.17, 15) is 18.0 Å². The lowest BCUT2D eigenvalue weighted by atomic mass is 10.0. The fraction of sp³-hybridized carbons (Fsp3) is 0.240. The van der Waals surface area contributed by atoms with Crippen molar-refractivity contribution in [1.82, 2.24) is 4.90 Å². The van der Waals surface area contributed by atoms with Crippen LogP contribution in [0.1, 0.15) is 16.7 Å². The Morgan fingerprint density at radius 2 is 1.82 bits per heavy atom. The summed E-state index contributed by atoms with van der Waals surface area (Å²) < 4.78 is 48.8. The monoisotopic (exact) mass is 454 g/mol. The molecule has 0 spiro atoms. The molecule has 1 heterocycles. The van der Waals surface area contributed by atoms with Gasteiger partial charge in [0.2, 0.25) is 0 Å². The summed E-state index contributed by atoms with van der Waals surface area (Å²) >= 11 is 0. The van der Waals surface area contributed by atoms with Crippen LogP contribution in [-0.4, -0.2) is 43.5 Å². The molecule has 0 saturated carbocycles. The predicted molar refractivity (Wildman–Crippen MR) is 120 cm³/mol. The molecule has 170 valence electrons. The van der Waals surface area contributed by atoms with Crippen LogP contribution in [-0.2, 0) is 16.1 Å². The lowest BCUT2D eigenvalue weighted by Crippen LogP contribution is -2.35. The number of rotatable bonds is 5. The van der Waals surface area contributed by atoms with Crippen LogP contribution in [0.25, 0.3) is 22.4 Å². The number of benzene rings is 3. The van der Waals surface area contributed by atoms with Crippen molar-refractivity contribution >= 4 is 34.0 Å². The Labute approximate surface area is 188 Å². The minimum atomic E-state index is -4.84. The van der Waals surface area contributed by atoms with Gasteiger partial charge in [-0.25, -0.2) is 0 Å². The molecule has 0 radical (unpaired) electrons. The second kappa shape index (κ2) is 8.53. The van der Waals surface area contributed by atoms with E-state index in [1.54, 1.807) is 18.2 Å². The summed E-state index contributed by atoms with van der Waals surface area (Å²) in [5, 5.41) is 4.75. The molecule has 8 heteroatoms. The Hall–Kier alpha value is -3.36. The van der Waals surface area contributed by atoms with Crippen LogP contribution in [0.5, 0.6) is 5.75 Å². The second-order valence-electron chi connectivity index (χ2n) is 8.02. The molecule has 0 aromatic heterocycles. The van der Waals surface area contributed by atoms with E-state index in [1.165, 1.54) is 6.07 Å². The maximum absolute atomic E-state index is 13.1. The quantitative estimate of drug-likeness (QED) is 0.585. The van der Waals surface area contributed by atoms with Crippen LogP contribution in [0.2, 0.25) is 0 Å². The maximum atomic E-state index is 13.1. The summed E-state index contributed by atoms with van der Waals surface area (Å²) in [4.78, 5) is 15.1. The van der Waals surface area contributed by atoms with Crippen LogP contribution < -0.4 is 10.1 Å². The fourth-order valence-corrected chi connectivity index (χ4v) is 4.32. The first kappa shape index (κ1) is 21.5. The number of halogens is 3. The number of anilines is 1. The van der Waals surface area contributed by atoms with Gasteiger partial charge in [-0.05, 0) is 34.0 Å². The molecule has 5 rings (SSSR count). The van der Waals surface area contributed by atoms with Crippen LogP contribution in [0.4, 0.5) is 18.9 Å². The number of carbonyl (C=O) groups excluding carboxylic acids is 1. The highest BCUT2D eigenvalue weighted by Gasteiger charge is 2.32. The van der Waals surface area contributed by atoms with Crippen molar-refractivity contribution in [2.45, 2.75) is 12.9 Å². The molecular weight excluding hydrogens is 433 g/mol. The Bertz CT molecular complexity index is 1240. The van der Waals surface area contributed by atoms with E-state index in [0.29, 0.717) is 44.0 Å². The van der Waals surface area contributed by atoms with E-state index in [1.807, 2.05) is 41.3 Å². The van der Waals surface area contributed by atoms with E-state index in [0.717, 1.165) is 21.9 Å². The number of hydrogen-bond acceptors (Lipinski definition) is 4. The smallest absolute Gasteiger partial charge is 0.405 e. The molecule has 1 N–H and O–H groups in total. The third kappa shape index (κ3) is 4.58. The van der Waals surface area contributed by atoms with Crippen LogP contribution in [0.15, 0.2) is 54.6 Å². The summed E-state index contributed by atoms with van der Waals surface area (Å²) in [5.74, 6) is -0.713. The average molecular weight is 454 g/mol. The van der Waals surface area contributed by atoms with Crippen LogP contribution >= 0.6 is 0 Å². The molecule has 0 atom stereocenters. The van der Waals surface area contributed by atoms with E-state index in [-0.39, 0.29) is 11.4 Å². The molecule has 3 aromatic rings. The third-order valence-corrected chi connectivity index (χ3v) is 5.82. The highest BCUT2D eigenvalue weighted by Crippen LogP contribution is 2.37. The molecule has 5 nitrogen and oxygen atoms in total. The number of amides is 1. The first-order valence-corrected chi connectivity index (χ1v) is 10.6.